The zero-order valence-electron chi connectivity index (χ0n) is 23.7. The van der Waals surface area contributed by atoms with Gasteiger partial charge in [0.2, 0.25) is 6.79 Å². The Balaban J connectivity index is 1.33. The molecule has 3 aromatic heterocycles. The lowest BCUT2D eigenvalue weighted by Crippen LogP contribution is -2.28. The molecule has 1 atom stereocenters. The fourth-order valence-electron chi connectivity index (χ4n) is 5.77. The summed E-state index contributed by atoms with van der Waals surface area (Å²) >= 11 is 1.66. The zero-order valence-corrected chi connectivity index (χ0v) is 24.5. The van der Waals surface area contributed by atoms with Crippen molar-refractivity contribution in [3.63, 3.8) is 0 Å². The normalized spacial score (nSPS) is 16.5. The predicted molar refractivity (Wildman–Crippen MR) is 158 cm³/mol. The van der Waals surface area contributed by atoms with Gasteiger partial charge in [0.25, 0.3) is 5.91 Å². The van der Waals surface area contributed by atoms with Crippen molar-refractivity contribution in [1.82, 2.24) is 9.88 Å². The van der Waals surface area contributed by atoms with Crippen LogP contribution in [0.3, 0.4) is 0 Å². The summed E-state index contributed by atoms with van der Waals surface area (Å²) in [5.74, 6) is 2.73. The lowest BCUT2D eigenvalue weighted by Gasteiger charge is -2.33. The summed E-state index contributed by atoms with van der Waals surface area (Å²) in [4.78, 5) is 19.8. The average Bonchev–Trinajstić information content (AvgIpc) is 3.71. The van der Waals surface area contributed by atoms with E-state index in [1.165, 1.54) is 4.88 Å². The van der Waals surface area contributed by atoms with Crippen LogP contribution in [0.15, 0.2) is 52.1 Å². The fraction of sp³-hybridized carbons (Fsp3) is 0.375. The number of amides is 1. The van der Waals surface area contributed by atoms with Crippen molar-refractivity contribution in [2.24, 2.45) is 16.3 Å². The number of aryl methyl sites for hydroxylation is 1. The van der Waals surface area contributed by atoms with E-state index in [-0.39, 0.29) is 18.1 Å². The molecule has 0 saturated carbocycles. The van der Waals surface area contributed by atoms with Crippen LogP contribution in [-0.4, -0.2) is 23.5 Å². The molecule has 0 saturated heterocycles. The molecule has 4 heterocycles. The number of fused-ring (bicyclic) bond motifs is 2. The third-order valence-corrected chi connectivity index (χ3v) is 9.27. The summed E-state index contributed by atoms with van der Waals surface area (Å²) in [6.45, 7) is 11.7. The van der Waals surface area contributed by atoms with Gasteiger partial charge in [-0.1, -0.05) is 20.8 Å². The van der Waals surface area contributed by atoms with Crippen LogP contribution in [0.2, 0.25) is 0 Å². The lowest BCUT2D eigenvalue weighted by molar-refractivity contribution is 0.0947. The van der Waals surface area contributed by atoms with E-state index in [0.717, 1.165) is 69.7 Å². The number of thiophene rings is 1. The first-order chi connectivity index (χ1) is 19.2. The summed E-state index contributed by atoms with van der Waals surface area (Å²) in [6, 6.07) is 11.8. The van der Waals surface area contributed by atoms with Crippen molar-refractivity contribution in [1.29, 1.82) is 0 Å². The number of carbonyl (C=O) groups excluding carboxylic acids is 1. The molecule has 1 amide bonds. The molecule has 1 aliphatic heterocycles. The maximum absolute atomic E-state index is 13.5. The van der Waals surface area contributed by atoms with Crippen molar-refractivity contribution >= 4 is 28.5 Å². The molecule has 0 bridgehead atoms. The fourth-order valence-corrected chi connectivity index (χ4v) is 7.04. The molecule has 1 aliphatic carbocycles. The first-order valence-corrected chi connectivity index (χ1v) is 14.6. The van der Waals surface area contributed by atoms with Crippen LogP contribution in [0.4, 0.5) is 5.00 Å². The molecule has 0 radical (unpaired) electrons. The number of nitrogens with one attached hydrogen (secondary N) is 1. The molecule has 4 aromatic rings. The number of hydrogen-bond acceptors (Lipinski definition) is 6. The number of hydrogen-bond donors (Lipinski definition) is 1. The Bertz CT molecular complexity index is 1590. The Labute approximate surface area is 238 Å². The molecule has 7 nitrogen and oxygen atoms in total. The highest BCUT2D eigenvalue weighted by atomic mass is 32.1. The van der Waals surface area contributed by atoms with Gasteiger partial charge in [-0.15, -0.1) is 11.3 Å². The van der Waals surface area contributed by atoms with E-state index in [4.69, 9.17) is 18.9 Å². The number of carbonyl (C=O) groups is 1. The average molecular weight is 558 g/mol. The molecule has 1 N–H and O–H groups in total. The molecular weight excluding hydrogens is 522 g/mol. The van der Waals surface area contributed by atoms with Gasteiger partial charge < -0.3 is 23.8 Å². The van der Waals surface area contributed by atoms with Gasteiger partial charge in [0.15, 0.2) is 11.5 Å². The lowest BCUT2D eigenvalue weighted by atomic mass is 9.72. The van der Waals surface area contributed by atoms with Gasteiger partial charge in [-0.05, 0) is 80.3 Å². The zero-order chi connectivity index (χ0) is 28.0. The molecule has 2 aliphatic rings. The van der Waals surface area contributed by atoms with Crippen LogP contribution in [0.25, 0.3) is 5.69 Å². The van der Waals surface area contributed by atoms with Gasteiger partial charge in [-0.2, -0.15) is 0 Å². The summed E-state index contributed by atoms with van der Waals surface area (Å²) in [6.07, 6.45) is 6.47. The quantitative estimate of drug-likeness (QED) is 0.252. The number of ether oxygens (including phenoxy) is 2. The highest BCUT2D eigenvalue weighted by Gasteiger charge is 2.33. The monoisotopic (exact) mass is 557 g/mol. The SMILES string of the molecule is Cc1cc(C=Nc2sc3c(c2C(=O)NCc2ccco2)CC[C@@H](C(C)(C)C)C3)c(C)n1-c1ccc2c(c1)OCO2. The van der Waals surface area contributed by atoms with E-state index in [9.17, 15) is 4.79 Å². The third-order valence-electron chi connectivity index (χ3n) is 8.11. The first kappa shape index (κ1) is 26.4. The van der Waals surface area contributed by atoms with Crippen LogP contribution in [0.1, 0.15) is 70.7 Å². The molecule has 1 aromatic carbocycles. The molecular formula is C32H35N3O4S. The van der Waals surface area contributed by atoms with Gasteiger partial charge in [0.1, 0.15) is 10.8 Å². The maximum atomic E-state index is 13.5. The van der Waals surface area contributed by atoms with E-state index < -0.39 is 0 Å². The Morgan fingerprint density at radius 3 is 2.77 bits per heavy atom. The van der Waals surface area contributed by atoms with E-state index in [2.05, 4.69) is 50.6 Å². The largest absolute Gasteiger partial charge is 0.467 e. The topological polar surface area (TPSA) is 78.0 Å². The minimum atomic E-state index is -0.0962. The standard InChI is InChI=1S/C32H35N3O4S/c1-19-13-21(20(2)35(19)23-9-11-26-27(15-23)39-18-38-26)16-34-31-29(30(36)33-17-24-7-6-12-37-24)25-10-8-22(32(3,4)5)14-28(25)40-31/h6-7,9,11-13,15-16,22H,8,10,14,17-18H2,1-5H3,(H,33,36)/t22-/m1/s1. The minimum absolute atomic E-state index is 0.0962. The number of nitrogens with zero attached hydrogens (tertiary/aromatic N) is 2. The van der Waals surface area contributed by atoms with E-state index in [0.29, 0.717) is 18.0 Å². The van der Waals surface area contributed by atoms with Crippen LogP contribution in [0, 0.1) is 25.2 Å². The Kier molecular flexibility index (Phi) is 6.82. The number of furan rings is 1. The molecule has 8 heteroatoms. The smallest absolute Gasteiger partial charge is 0.255 e. The molecule has 208 valence electrons. The summed E-state index contributed by atoms with van der Waals surface area (Å²) < 4.78 is 18.7. The highest BCUT2D eigenvalue weighted by molar-refractivity contribution is 7.16. The van der Waals surface area contributed by atoms with Crippen molar-refractivity contribution in [3.05, 3.63) is 81.4 Å². The Morgan fingerprint density at radius 2 is 2.00 bits per heavy atom. The number of aromatic nitrogens is 1. The van der Waals surface area contributed by atoms with Gasteiger partial charge in [-0.25, -0.2) is 4.99 Å². The van der Waals surface area contributed by atoms with Crippen molar-refractivity contribution in [2.45, 2.75) is 60.4 Å². The van der Waals surface area contributed by atoms with Gasteiger partial charge >= 0.3 is 0 Å². The second kappa shape index (κ2) is 10.3. The maximum Gasteiger partial charge on any atom is 0.255 e. The number of aliphatic imine (C=N–C) groups is 1. The summed E-state index contributed by atoms with van der Waals surface area (Å²) in [5, 5.41) is 3.83. The van der Waals surface area contributed by atoms with Crippen molar-refractivity contribution in [3.8, 4) is 17.2 Å². The Hall–Kier alpha value is -3.78. The van der Waals surface area contributed by atoms with E-state index in [1.807, 2.05) is 36.5 Å². The highest BCUT2D eigenvalue weighted by Crippen LogP contribution is 2.45. The summed E-state index contributed by atoms with van der Waals surface area (Å²) in [7, 11) is 0. The van der Waals surface area contributed by atoms with Crippen molar-refractivity contribution in [2.75, 3.05) is 6.79 Å². The second-order valence-electron chi connectivity index (χ2n) is 11.7. The van der Waals surface area contributed by atoms with Crippen molar-refractivity contribution < 1.29 is 18.7 Å². The van der Waals surface area contributed by atoms with E-state index >= 15 is 0 Å². The van der Waals surface area contributed by atoms with Crippen LogP contribution in [-0.2, 0) is 19.4 Å². The molecule has 0 unspecified atom stereocenters. The van der Waals surface area contributed by atoms with Crippen LogP contribution in [0.5, 0.6) is 11.5 Å². The predicted octanol–water partition coefficient (Wildman–Crippen LogP) is 7.31. The molecule has 0 fully saturated rings. The summed E-state index contributed by atoms with van der Waals surface area (Å²) in [5.41, 5.74) is 6.26. The minimum Gasteiger partial charge on any atom is -0.467 e. The molecule has 6 rings (SSSR count). The molecule has 40 heavy (non-hydrogen) atoms. The first-order valence-electron chi connectivity index (χ1n) is 13.8. The third kappa shape index (κ3) is 4.96. The molecule has 0 spiro atoms. The number of rotatable bonds is 6. The Morgan fingerprint density at radius 1 is 1.18 bits per heavy atom. The number of benzene rings is 1. The van der Waals surface area contributed by atoms with Crippen LogP contribution < -0.4 is 14.8 Å². The van der Waals surface area contributed by atoms with Gasteiger partial charge in [0, 0.05) is 39.8 Å². The van der Waals surface area contributed by atoms with Gasteiger partial charge in [-0.3, -0.25) is 4.79 Å². The van der Waals surface area contributed by atoms with Gasteiger partial charge in [0.05, 0.1) is 18.4 Å². The van der Waals surface area contributed by atoms with E-state index in [1.54, 1.807) is 17.6 Å². The van der Waals surface area contributed by atoms with Crippen LogP contribution >= 0.6 is 11.3 Å². The second-order valence-corrected chi connectivity index (χ2v) is 12.8.